The lowest BCUT2D eigenvalue weighted by Crippen LogP contribution is -1.93. The van der Waals surface area contributed by atoms with Crippen LogP contribution >= 0.6 is 11.8 Å². The Kier molecular flexibility index (Phi) is 2.42. The van der Waals surface area contributed by atoms with Crippen LogP contribution < -0.4 is 0 Å². The maximum Gasteiger partial charge on any atom is 0.173 e. The number of hydrogen-bond acceptors (Lipinski definition) is 3. The summed E-state index contributed by atoms with van der Waals surface area (Å²) in [6, 6.07) is 8.10. The van der Waals surface area contributed by atoms with Gasteiger partial charge in [-0.25, -0.2) is 4.98 Å². The summed E-state index contributed by atoms with van der Waals surface area (Å²) >= 11 is 1.47. The molecule has 0 saturated heterocycles. The summed E-state index contributed by atoms with van der Waals surface area (Å²) in [5, 5.41) is 9.50. The Morgan fingerprint density at radius 2 is 2.43 bits per heavy atom. The van der Waals surface area contributed by atoms with Gasteiger partial charge >= 0.3 is 0 Å². The SMILES string of the molecule is CC(C#N)Sc1ncc2ccccn12. The zero-order chi connectivity index (χ0) is 9.97. The van der Waals surface area contributed by atoms with Gasteiger partial charge in [-0.3, -0.25) is 4.40 Å². The van der Waals surface area contributed by atoms with Crippen molar-refractivity contribution in [2.24, 2.45) is 0 Å². The highest BCUT2D eigenvalue weighted by Gasteiger charge is 2.07. The van der Waals surface area contributed by atoms with Crippen molar-refractivity contribution in [1.29, 1.82) is 5.26 Å². The van der Waals surface area contributed by atoms with Gasteiger partial charge in [-0.15, -0.1) is 0 Å². The highest BCUT2D eigenvalue weighted by Crippen LogP contribution is 2.22. The van der Waals surface area contributed by atoms with Crippen LogP contribution in [-0.4, -0.2) is 14.6 Å². The maximum atomic E-state index is 8.70. The molecule has 1 atom stereocenters. The van der Waals surface area contributed by atoms with Crippen molar-refractivity contribution >= 4 is 17.3 Å². The Morgan fingerprint density at radius 1 is 1.57 bits per heavy atom. The third-order valence-corrected chi connectivity index (χ3v) is 2.84. The fraction of sp³-hybridized carbons (Fsp3) is 0.200. The molecular weight excluding hydrogens is 194 g/mol. The van der Waals surface area contributed by atoms with Gasteiger partial charge in [-0.2, -0.15) is 5.26 Å². The van der Waals surface area contributed by atoms with Crippen LogP contribution in [0.5, 0.6) is 0 Å². The molecule has 1 unspecified atom stereocenters. The molecule has 3 nitrogen and oxygen atoms in total. The highest BCUT2D eigenvalue weighted by molar-refractivity contribution is 8.00. The van der Waals surface area contributed by atoms with Crippen molar-refractivity contribution in [2.75, 3.05) is 0 Å². The smallest absolute Gasteiger partial charge is 0.173 e. The number of fused-ring (bicyclic) bond motifs is 1. The van der Waals surface area contributed by atoms with Gasteiger partial charge in [-0.05, 0) is 19.1 Å². The van der Waals surface area contributed by atoms with Crippen molar-refractivity contribution < 1.29 is 0 Å². The van der Waals surface area contributed by atoms with Crippen molar-refractivity contribution in [3.63, 3.8) is 0 Å². The fourth-order valence-corrected chi connectivity index (χ4v) is 1.95. The molecule has 70 valence electrons. The quantitative estimate of drug-likeness (QED) is 0.703. The van der Waals surface area contributed by atoms with E-state index in [9.17, 15) is 0 Å². The molecule has 2 heterocycles. The van der Waals surface area contributed by atoms with E-state index in [1.807, 2.05) is 41.9 Å². The first-order chi connectivity index (χ1) is 6.81. The second-order valence-electron chi connectivity index (χ2n) is 2.93. The van der Waals surface area contributed by atoms with E-state index in [0.717, 1.165) is 10.7 Å². The van der Waals surface area contributed by atoms with Crippen LogP contribution in [0.25, 0.3) is 5.52 Å². The highest BCUT2D eigenvalue weighted by atomic mass is 32.2. The number of hydrogen-bond donors (Lipinski definition) is 0. The first-order valence-electron chi connectivity index (χ1n) is 4.29. The zero-order valence-electron chi connectivity index (χ0n) is 7.71. The zero-order valence-corrected chi connectivity index (χ0v) is 8.53. The number of nitrogens with zero attached hydrogens (tertiary/aromatic N) is 3. The van der Waals surface area contributed by atoms with Crippen LogP contribution in [0, 0.1) is 11.3 Å². The number of pyridine rings is 1. The Balaban J connectivity index is 2.39. The Bertz CT molecular complexity index is 483. The normalized spacial score (nSPS) is 12.6. The van der Waals surface area contributed by atoms with Gasteiger partial charge in [0.15, 0.2) is 5.16 Å². The van der Waals surface area contributed by atoms with Crippen LogP contribution in [0.15, 0.2) is 35.7 Å². The summed E-state index contributed by atoms with van der Waals surface area (Å²) in [6.45, 7) is 1.87. The topological polar surface area (TPSA) is 41.1 Å². The molecule has 0 aliphatic heterocycles. The minimum Gasteiger partial charge on any atom is -0.295 e. The largest absolute Gasteiger partial charge is 0.295 e. The minimum atomic E-state index is -0.0687. The summed E-state index contributed by atoms with van der Waals surface area (Å²) in [5.74, 6) is 0. The molecule has 0 fully saturated rings. The first-order valence-corrected chi connectivity index (χ1v) is 5.17. The Hall–Kier alpha value is -1.47. The number of nitriles is 1. The molecule has 0 aliphatic rings. The predicted molar refractivity (Wildman–Crippen MR) is 56.1 cm³/mol. The van der Waals surface area contributed by atoms with Gasteiger partial charge in [0, 0.05) is 6.20 Å². The summed E-state index contributed by atoms with van der Waals surface area (Å²) in [6.07, 6.45) is 3.77. The Morgan fingerprint density at radius 3 is 3.21 bits per heavy atom. The lowest BCUT2D eigenvalue weighted by Gasteiger charge is -2.00. The molecule has 0 aliphatic carbocycles. The van der Waals surface area contributed by atoms with Crippen LogP contribution in [0.2, 0.25) is 0 Å². The minimum absolute atomic E-state index is 0.0687. The second kappa shape index (κ2) is 3.72. The summed E-state index contributed by atoms with van der Waals surface area (Å²) in [7, 11) is 0. The van der Waals surface area contributed by atoms with E-state index in [0.29, 0.717) is 0 Å². The molecule has 0 N–H and O–H groups in total. The Labute approximate surface area is 86.4 Å². The summed E-state index contributed by atoms with van der Waals surface area (Å²) in [5.41, 5.74) is 1.06. The van der Waals surface area contributed by atoms with E-state index >= 15 is 0 Å². The maximum absolute atomic E-state index is 8.70. The van der Waals surface area contributed by atoms with E-state index in [-0.39, 0.29) is 5.25 Å². The van der Waals surface area contributed by atoms with E-state index in [4.69, 9.17) is 5.26 Å². The molecule has 0 spiro atoms. The lowest BCUT2D eigenvalue weighted by molar-refractivity contribution is 0.954. The number of rotatable bonds is 2. The third kappa shape index (κ3) is 1.59. The van der Waals surface area contributed by atoms with Crippen LogP contribution in [0.1, 0.15) is 6.92 Å². The van der Waals surface area contributed by atoms with Gasteiger partial charge in [-0.1, -0.05) is 17.8 Å². The van der Waals surface area contributed by atoms with Gasteiger partial charge in [0.2, 0.25) is 0 Å². The van der Waals surface area contributed by atoms with Gasteiger partial charge in [0.25, 0.3) is 0 Å². The van der Waals surface area contributed by atoms with Crippen LogP contribution in [0.4, 0.5) is 0 Å². The average molecular weight is 203 g/mol. The van der Waals surface area contributed by atoms with E-state index in [2.05, 4.69) is 11.1 Å². The van der Waals surface area contributed by atoms with E-state index in [1.54, 1.807) is 0 Å². The number of aromatic nitrogens is 2. The molecule has 0 radical (unpaired) electrons. The summed E-state index contributed by atoms with van der Waals surface area (Å²) < 4.78 is 1.98. The number of thioether (sulfide) groups is 1. The monoisotopic (exact) mass is 203 g/mol. The third-order valence-electron chi connectivity index (χ3n) is 1.87. The predicted octanol–water partition coefficient (Wildman–Crippen LogP) is 2.34. The molecule has 0 amide bonds. The van der Waals surface area contributed by atoms with Crippen molar-refractivity contribution in [1.82, 2.24) is 9.38 Å². The molecule has 2 aromatic heterocycles. The van der Waals surface area contributed by atoms with Crippen LogP contribution in [0.3, 0.4) is 0 Å². The second-order valence-corrected chi connectivity index (χ2v) is 4.23. The lowest BCUT2D eigenvalue weighted by atomic mass is 10.4. The van der Waals surface area contributed by atoms with E-state index in [1.165, 1.54) is 11.8 Å². The van der Waals surface area contributed by atoms with Crippen molar-refractivity contribution in [3.05, 3.63) is 30.6 Å². The molecule has 0 saturated carbocycles. The molecular formula is C10H9N3S. The standard InChI is InChI=1S/C10H9N3S/c1-8(6-11)14-10-12-7-9-4-2-3-5-13(9)10/h2-5,7-8H,1H3. The van der Waals surface area contributed by atoms with Gasteiger partial charge in [0.1, 0.15) is 0 Å². The van der Waals surface area contributed by atoms with Crippen molar-refractivity contribution in [2.45, 2.75) is 17.3 Å². The summed E-state index contributed by atoms with van der Waals surface area (Å²) in [4.78, 5) is 4.26. The van der Waals surface area contributed by atoms with Crippen molar-refractivity contribution in [3.8, 4) is 6.07 Å². The number of imidazole rings is 1. The van der Waals surface area contributed by atoms with E-state index < -0.39 is 0 Å². The first kappa shape index (κ1) is 9.10. The van der Waals surface area contributed by atoms with Gasteiger partial charge in [0.05, 0.1) is 23.0 Å². The molecule has 2 aromatic rings. The average Bonchev–Trinajstić information content (AvgIpc) is 2.62. The molecule has 2 rings (SSSR count). The fourth-order valence-electron chi connectivity index (χ4n) is 1.19. The van der Waals surface area contributed by atoms with Crippen LogP contribution in [-0.2, 0) is 0 Å². The molecule has 0 bridgehead atoms. The van der Waals surface area contributed by atoms with Gasteiger partial charge < -0.3 is 0 Å². The molecule has 14 heavy (non-hydrogen) atoms. The molecule has 0 aromatic carbocycles. The molecule has 4 heteroatoms.